The lowest BCUT2D eigenvalue weighted by Gasteiger charge is -1.84. The second kappa shape index (κ2) is 3.64. The second-order valence-corrected chi connectivity index (χ2v) is 2.75. The summed E-state index contributed by atoms with van der Waals surface area (Å²) in [4.78, 5) is 0. The van der Waals surface area contributed by atoms with E-state index in [4.69, 9.17) is 5.26 Å². The Morgan fingerprint density at radius 2 is 2.21 bits per heavy atom. The minimum Gasteiger partial charge on any atom is -0.269 e. The molecule has 0 amide bonds. The fourth-order valence-corrected chi connectivity index (χ4v) is 1.23. The molecule has 0 atom stereocenters. The van der Waals surface area contributed by atoms with Crippen LogP contribution in [0.3, 0.4) is 0 Å². The smallest absolute Gasteiger partial charge is 0.115 e. The summed E-state index contributed by atoms with van der Waals surface area (Å²) >= 11 is 0. The van der Waals surface area contributed by atoms with Crippen LogP contribution in [0.1, 0.15) is 12.1 Å². The lowest BCUT2D eigenvalue weighted by Crippen LogP contribution is -1.73. The number of rotatable bonds is 0. The van der Waals surface area contributed by atoms with Gasteiger partial charge >= 0.3 is 0 Å². The van der Waals surface area contributed by atoms with Gasteiger partial charge in [-0.25, -0.2) is 0 Å². The first-order chi connectivity index (χ1) is 6.92. The first-order valence-electron chi connectivity index (χ1n) is 4.21. The Labute approximate surface area is 81.4 Å². The number of hydrogen-bond acceptors (Lipinski definition) is 2. The first kappa shape index (κ1) is 8.34. The van der Waals surface area contributed by atoms with Gasteiger partial charge in [-0.1, -0.05) is 18.1 Å². The SMILES string of the molecule is N#CCC#Cc1[nH]nc2ccccc12. The monoisotopic (exact) mass is 181 g/mol. The molecule has 1 aromatic heterocycles. The van der Waals surface area contributed by atoms with Gasteiger partial charge in [-0.3, -0.25) is 5.10 Å². The predicted octanol–water partition coefficient (Wildman–Crippen LogP) is 1.83. The highest BCUT2D eigenvalue weighted by molar-refractivity contribution is 5.83. The zero-order valence-corrected chi connectivity index (χ0v) is 7.41. The van der Waals surface area contributed by atoms with Gasteiger partial charge in [-0.15, -0.1) is 0 Å². The lowest BCUT2D eigenvalue weighted by atomic mass is 10.2. The number of aromatic nitrogens is 2. The summed E-state index contributed by atoms with van der Waals surface area (Å²) in [5.74, 6) is 5.63. The molecule has 0 saturated carbocycles. The number of nitriles is 1. The Balaban J connectivity index is 2.46. The predicted molar refractivity (Wildman–Crippen MR) is 53.2 cm³/mol. The summed E-state index contributed by atoms with van der Waals surface area (Å²) in [5.41, 5.74) is 1.67. The molecule has 0 bridgehead atoms. The van der Waals surface area contributed by atoms with E-state index in [0.29, 0.717) is 0 Å². The van der Waals surface area contributed by atoms with Gasteiger partial charge in [0.15, 0.2) is 0 Å². The topological polar surface area (TPSA) is 52.5 Å². The Hall–Kier alpha value is -2.26. The van der Waals surface area contributed by atoms with E-state index in [1.165, 1.54) is 0 Å². The number of hydrogen-bond donors (Lipinski definition) is 1. The molecule has 66 valence electrons. The second-order valence-electron chi connectivity index (χ2n) is 2.75. The minimum absolute atomic E-state index is 0.243. The van der Waals surface area contributed by atoms with Gasteiger partial charge in [0.25, 0.3) is 0 Å². The molecule has 2 rings (SSSR count). The van der Waals surface area contributed by atoms with Gasteiger partial charge in [0, 0.05) is 5.39 Å². The molecule has 0 saturated heterocycles. The molecule has 3 nitrogen and oxygen atoms in total. The number of aromatic amines is 1. The molecule has 1 aromatic carbocycles. The zero-order valence-electron chi connectivity index (χ0n) is 7.41. The molecule has 1 N–H and O–H groups in total. The molecule has 0 spiro atoms. The fraction of sp³-hybridized carbons (Fsp3) is 0.0909. The Kier molecular flexibility index (Phi) is 2.17. The molecule has 3 heteroatoms. The summed E-state index contributed by atoms with van der Waals surface area (Å²) in [6.07, 6.45) is 0.243. The number of fused-ring (bicyclic) bond motifs is 1. The van der Waals surface area contributed by atoms with E-state index >= 15 is 0 Å². The summed E-state index contributed by atoms with van der Waals surface area (Å²) in [6, 6.07) is 9.71. The van der Waals surface area contributed by atoms with Gasteiger partial charge in [0.05, 0.1) is 18.0 Å². The number of benzene rings is 1. The van der Waals surface area contributed by atoms with E-state index in [2.05, 4.69) is 22.0 Å². The van der Waals surface area contributed by atoms with Crippen LogP contribution in [0.15, 0.2) is 24.3 Å². The third kappa shape index (κ3) is 1.44. The van der Waals surface area contributed by atoms with Crippen molar-refractivity contribution in [2.75, 3.05) is 0 Å². The van der Waals surface area contributed by atoms with Gasteiger partial charge in [0.1, 0.15) is 5.69 Å². The van der Waals surface area contributed by atoms with E-state index in [-0.39, 0.29) is 6.42 Å². The average Bonchev–Trinajstić information content (AvgIpc) is 2.63. The van der Waals surface area contributed by atoms with Gasteiger partial charge in [0.2, 0.25) is 0 Å². The van der Waals surface area contributed by atoms with Crippen LogP contribution in [0, 0.1) is 23.2 Å². The molecule has 0 aliphatic carbocycles. The molecular weight excluding hydrogens is 174 g/mol. The Morgan fingerprint density at radius 1 is 1.36 bits per heavy atom. The third-order valence-corrected chi connectivity index (χ3v) is 1.84. The molecule has 2 aromatic rings. The number of H-pyrrole nitrogens is 1. The normalized spacial score (nSPS) is 9.07. The molecule has 0 fully saturated rings. The minimum atomic E-state index is 0.243. The largest absolute Gasteiger partial charge is 0.269 e. The first-order valence-corrected chi connectivity index (χ1v) is 4.21. The van der Waals surface area contributed by atoms with Crippen molar-refractivity contribution in [3.05, 3.63) is 30.0 Å². The van der Waals surface area contributed by atoms with Crippen LogP contribution in [0.25, 0.3) is 10.9 Å². The van der Waals surface area contributed by atoms with Crippen molar-refractivity contribution < 1.29 is 0 Å². The van der Waals surface area contributed by atoms with E-state index < -0.39 is 0 Å². The quantitative estimate of drug-likeness (QED) is 0.630. The van der Waals surface area contributed by atoms with E-state index in [1.807, 2.05) is 30.3 Å². The van der Waals surface area contributed by atoms with Crippen LogP contribution >= 0.6 is 0 Å². The highest BCUT2D eigenvalue weighted by atomic mass is 15.1. The van der Waals surface area contributed by atoms with Gasteiger partial charge in [-0.05, 0) is 18.1 Å². The van der Waals surface area contributed by atoms with Gasteiger partial charge in [-0.2, -0.15) is 10.4 Å². The van der Waals surface area contributed by atoms with Crippen LogP contribution in [0.2, 0.25) is 0 Å². The molecule has 0 unspecified atom stereocenters. The Morgan fingerprint density at radius 3 is 3.07 bits per heavy atom. The van der Waals surface area contributed by atoms with Crippen LogP contribution in [-0.2, 0) is 0 Å². The van der Waals surface area contributed by atoms with E-state index in [9.17, 15) is 0 Å². The molecule has 0 aliphatic rings. The van der Waals surface area contributed by atoms with Gasteiger partial charge < -0.3 is 0 Å². The highest BCUT2D eigenvalue weighted by Crippen LogP contribution is 2.13. The van der Waals surface area contributed by atoms with Crippen molar-refractivity contribution in [2.24, 2.45) is 0 Å². The molecule has 1 heterocycles. The van der Waals surface area contributed by atoms with Crippen molar-refractivity contribution in [3.63, 3.8) is 0 Å². The van der Waals surface area contributed by atoms with Crippen molar-refractivity contribution in [3.8, 4) is 17.9 Å². The summed E-state index contributed by atoms with van der Waals surface area (Å²) in [6.45, 7) is 0. The van der Waals surface area contributed by atoms with Crippen LogP contribution in [-0.4, -0.2) is 10.2 Å². The zero-order chi connectivity index (χ0) is 9.80. The number of nitrogens with zero attached hydrogens (tertiary/aromatic N) is 2. The highest BCUT2D eigenvalue weighted by Gasteiger charge is 1.99. The summed E-state index contributed by atoms with van der Waals surface area (Å²) < 4.78 is 0. The van der Waals surface area contributed by atoms with Crippen LogP contribution < -0.4 is 0 Å². The maximum atomic E-state index is 8.33. The van der Waals surface area contributed by atoms with Crippen molar-refractivity contribution in [1.82, 2.24) is 10.2 Å². The maximum Gasteiger partial charge on any atom is 0.115 e. The number of para-hydroxylation sites is 1. The molecular formula is C11H7N3. The molecule has 14 heavy (non-hydrogen) atoms. The fourth-order valence-electron chi connectivity index (χ4n) is 1.23. The van der Waals surface area contributed by atoms with E-state index in [0.717, 1.165) is 16.6 Å². The molecule has 0 aliphatic heterocycles. The Bertz CT molecular complexity index is 549. The standard InChI is InChI=1S/C11H7N3/c12-8-4-3-7-11-9-5-1-2-6-10(9)13-14-11/h1-2,5-6H,4H2,(H,13,14). The van der Waals surface area contributed by atoms with Crippen LogP contribution in [0.5, 0.6) is 0 Å². The van der Waals surface area contributed by atoms with Crippen molar-refractivity contribution in [1.29, 1.82) is 5.26 Å². The third-order valence-electron chi connectivity index (χ3n) is 1.84. The average molecular weight is 181 g/mol. The van der Waals surface area contributed by atoms with Crippen molar-refractivity contribution in [2.45, 2.75) is 6.42 Å². The maximum absolute atomic E-state index is 8.33. The number of nitrogens with one attached hydrogen (secondary N) is 1. The van der Waals surface area contributed by atoms with Crippen LogP contribution in [0.4, 0.5) is 0 Å². The van der Waals surface area contributed by atoms with E-state index in [1.54, 1.807) is 0 Å². The summed E-state index contributed by atoms with van der Waals surface area (Å²) in [7, 11) is 0. The lowest BCUT2D eigenvalue weighted by molar-refractivity contribution is 1.10. The van der Waals surface area contributed by atoms with Crippen molar-refractivity contribution >= 4 is 10.9 Å². The molecule has 0 radical (unpaired) electrons. The summed E-state index contributed by atoms with van der Waals surface area (Å²) in [5, 5.41) is 16.3.